The summed E-state index contributed by atoms with van der Waals surface area (Å²) in [5.41, 5.74) is 1.40. The molecule has 2 N–H and O–H groups in total. The highest BCUT2D eigenvalue weighted by atomic mass is 19.1. The molecule has 2 aromatic rings. The quantitative estimate of drug-likeness (QED) is 0.620. The molecule has 0 radical (unpaired) electrons. The second-order valence-corrected chi connectivity index (χ2v) is 9.71. The van der Waals surface area contributed by atoms with Crippen molar-refractivity contribution >= 4 is 23.6 Å². The topological polar surface area (TPSA) is 87.7 Å². The number of fused-ring (bicyclic) bond motifs is 1. The lowest BCUT2D eigenvalue weighted by atomic mass is 10.0. The third-order valence-corrected chi connectivity index (χ3v) is 5.70. The van der Waals surface area contributed by atoms with Crippen molar-refractivity contribution < 1.29 is 23.5 Å². The zero-order chi connectivity index (χ0) is 25.6. The van der Waals surface area contributed by atoms with Crippen LogP contribution in [0.25, 0.3) is 0 Å². The molecule has 1 heterocycles. The Balaban J connectivity index is 1.81. The number of alkyl carbamates (subject to hydrolysis) is 1. The molecule has 1 aliphatic rings. The number of amides is 3. The van der Waals surface area contributed by atoms with E-state index in [2.05, 4.69) is 10.6 Å². The fraction of sp³-hybridized carbons (Fsp3) is 0.444. The number of aryl methyl sites for hydroxylation is 1. The van der Waals surface area contributed by atoms with Crippen LogP contribution >= 0.6 is 0 Å². The van der Waals surface area contributed by atoms with Crippen molar-refractivity contribution in [2.24, 2.45) is 0 Å². The Morgan fingerprint density at radius 2 is 1.83 bits per heavy atom. The summed E-state index contributed by atoms with van der Waals surface area (Å²) in [4.78, 5) is 40.9. The number of para-hydroxylation sites is 1. The van der Waals surface area contributed by atoms with Crippen LogP contribution in [0.3, 0.4) is 0 Å². The number of rotatable bonds is 7. The molecule has 0 fully saturated rings. The molecule has 35 heavy (non-hydrogen) atoms. The highest BCUT2D eigenvalue weighted by Crippen LogP contribution is 2.27. The highest BCUT2D eigenvalue weighted by Gasteiger charge is 2.33. The van der Waals surface area contributed by atoms with Gasteiger partial charge in [-0.05, 0) is 63.3 Å². The SMILES string of the molecule is CCCN1C(=O)C(NC(=O)[C@@H](Cc2ccccc2F)NC(=O)OC(C)(C)C)CCc2ccccc21. The number of nitrogens with zero attached hydrogens (tertiary/aromatic N) is 1. The maximum Gasteiger partial charge on any atom is 0.408 e. The number of nitrogens with one attached hydrogen (secondary N) is 2. The van der Waals surface area contributed by atoms with Crippen LogP contribution in [0.1, 0.15) is 51.7 Å². The van der Waals surface area contributed by atoms with E-state index in [-0.39, 0.29) is 17.9 Å². The molecule has 0 aliphatic carbocycles. The number of anilines is 1. The molecule has 188 valence electrons. The first-order valence-electron chi connectivity index (χ1n) is 12.0. The number of benzene rings is 2. The smallest absolute Gasteiger partial charge is 0.408 e. The Labute approximate surface area is 206 Å². The molecule has 7 nitrogen and oxygen atoms in total. The van der Waals surface area contributed by atoms with Gasteiger partial charge in [-0.2, -0.15) is 0 Å². The second kappa shape index (κ2) is 11.3. The maximum atomic E-state index is 14.3. The van der Waals surface area contributed by atoms with Crippen molar-refractivity contribution in [2.75, 3.05) is 11.4 Å². The Morgan fingerprint density at radius 1 is 1.14 bits per heavy atom. The first kappa shape index (κ1) is 26.2. The third-order valence-electron chi connectivity index (χ3n) is 5.70. The van der Waals surface area contributed by atoms with Crippen LogP contribution in [0, 0.1) is 5.82 Å². The van der Waals surface area contributed by atoms with Gasteiger partial charge < -0.3 is 20.3 Å². The van der Waals surface area contributed by atoms with E-state index in [9.17, 15) is 18.8 Å². The number of hydrogen-bond acceptors (Lipinski definition) is 4. The Bertz CT molecular complexity index is 1070. The predicted molar refractivity (Wildman–Crippen MR) is 133 cm³/mol. The summed E-state index contributed by atoms with van der Waals surface area (Å²) in [6, 6.07) is 11.9. The van der Waals surface area contributed by atoms with Crippen LogP contribution < -0.4 is 15.5 Å². The lowest BCUT2D eigenvalue weighted by Gasteiger charge is -2.28. The molecule has 0 aromatic heterocycles. The largest absolute Gasteiger partial charge is 0.444 e. The van der Waals surface area contributed by atoms with Crippen molar-refractivity contribution in [3.63, 3.8) is 0 Å². The van der Waals surface area contributed by atoms with Crippen LogP contribution in [-0.2, 0) is 27.2 Å². The zero-order valence-corrected chi connectivity index (χ0v) is 20.8. The number of ether oxygens (including phenoxy) is 1. The average Bonchev–Trinajstić information content (AvgIpc) is 2.91. The van der Waals surface area contributed by atoms with Gasteiger partial charge in [0.2, 0.25) is 11.8 Å². The van der Waals surface area contributed by atoms with Crippen molar-refractivity contribution in [1.29, 1.82) is 0 Å². The molecule has 3 rings (SSSR count). The maximum absolute atomic E-state index is 14.3. The molecule has 2 aromatic carbocycles. The Kier molecular flexibility index (Phi) is 8.48. The minimum atomic E-state index is -1.13. The molecule has 0 saturated heterocycles. The molecule has 0 saturated carbocycles. The summed E-state index contributed by atoms with van der Waals surface area (Å²) >= 11 is 0. The van der Waals surface area contributed by atoms with E-state index in [1.54, 1.807) is 43.9 Å². The van der Waals surface area contributed by atoms with Crippen LogP contribution in [0.2, 0.25) is 0 Å². The minimum Gasteiger partial charge on any atom is -0.444 e. The van der Waals surface area contributed by atoms with Gasteiger partial charge in [0.1, 0.15) is 23.5 Å². The fourth-order valence-electron chi connectivity index (χ4n) is 4.12. The van der Waals surface area contributed by atoms with E-state index in [0.29, 0.717) is 19.4 Å². The number of carbonyl (C=O) groups is 3. The standard InChI is InChI=1S/C27H34FN3O4/c1-5-16-31-23-13-9-7-10-18(23)14-15-21(25(31)33)29-24(32)22(30-26(34)35-27(2,3)4)17-19-11-6-8-12-20(19)28/h6-13,21-22H,5,14-17H2,1-4H3,(H,29,32)(H,30,34)/t21?,22-/m1/s1. The Hall–Kier alpha value is -3.42. The molecule has 0 bridgehead atoms. The molecule has 2 atom stereocenters. The molecule has 1 unspecified atom stereocenters. The van der Waals surface area contributed by atoms with Gasteiger partial charge in [0.25, 0.3) is 0 Å². The van der Waals surface area contributed by atoms with E-state index in [0.717, 1.165) is 17.7 Å². The third kappa shape index (κ3) is 7.04. The lowest BCUT2D eigenvalue weighted by molar-refractivity contribution is -0.128. The van der Waals surface area contributed by atoms with Gasteiger partial charge in [0, 0.05) is 18.7 Å². The number of carbonyl (C=O) groups excluding carboxylic acids is 3. The lowest BCUT2D eigenvalue weighted by Crippen LogP contribution is -2.55. The summed E-state index contributed by atoms with van der Waals surface area (Å²) in [5, 5.41) is 5.37. The predicted octanol–water partition coefficient (Wildman–Crippen LogP) is 4.14. The summed E-state index contributed by atoms with van der Waals surface area (Å²) in [6.45, 7) is 7.65. The van der Waals surface area contributed by atoms with E-state index in [1.165, 1.54) is 6.07 Å². The summed E-state index contributed by atoms with van der Waals surface area (Å²) < 4.78 is 19.7. The molecule has 0 spiro atoms. The Morgan fingerprint density at radius 3 is 2.51 bits per heavy atom. The summed E-state index contributed by atoms with van der Waals surface area (Å²) in [7, 11) is 0. The van der Waals surface area contributed by atoms with Crippen molar-refractivity contribution in [3.05, 3.63) is 65.5 Å². The number of halogens is 1. The van der Waals surface area contributed by atoms with Crippen molar-refractivity contribution in [2.45, 2.75) is 71.1 Å². The average molecular weight is 484 g/mol. The summed E-state index contributed by atoms with van der Waals surface area (Å²) in [6.07, 6.45) is 0.917. The van der Waals surface area contributed by atoms with Crippen molar-refractivity contribution in [3.8, 4) is 0 Å². The first-order valence-corrected chi connectivity index (χ1v) is 12.0. The van der Waals surface area contributed by atoms with E-state index >= 15 is 0 Å². The van der Waals surface area contributed by atoms with E-state index in [1.807, 2.05) is 31.2 Å². The molecule has 3 amide bonds. The zero-order valence-electron chi connectivity index (χ0n) is 20.8. The van der Waals surface area contributed by atoms with E-state index in [4.69, 9.17) is 4.74 Å². The monoisotopic (exact) mass is 483 g/mol. The second-order valence-electron chi connectivity index (χ2n) is 9.71. The fourth-order valence-corrected chi connectivity index (χ4v) is 4.12. The molecular formula is C27H34FN3O4. The minimum absolute atomic E-state index is 0.0858. The van der Waals surface area contributed by atoms with Gasteiger partial charge in [-0.25, -0.2) is 9.18 Å². The van der Waals surface area contributed by atoms with Gasteiger partial charge in [0.05, 0.1) is 0 Å². The molecular weight excluding hydrogens is 449 g/mol. The van der Waals surface area contributed by atoms with Crippen LogP contribution in [0.5, 0.6) is 0 Å². The van der Waals surface area contributed by atoms with Gasteiger partial charge in [-0.1, -0.05) is 43.3 Å². The van der Waals surface area contributed by atoms with Gasteiger partial charge in [0.15, 0.2) is 0 Å². The van der Waals surface area contributed by atoms with Crippen LogP contribution in [-0.4, -0.2) is 42.1 Å². The van der Waals surface area contributed by atoms with Crippen LogP contribution in [0.15, 0.2) is 48.5 Å². The van der Waals surface area contributed by atoms with Gasteiger partial charge >= 0.3 is 6.09 Å². The normalized spacial score (nSPS) is 16.7. The highest BCUT2D eigenvalue weighted by molar-refractivity contribution is 6.01. The molecule has 1 aliphatic heterocycles. The van der Waals surface area contributed by atoms with Gasteiger partial charge in [-0.3, -0.25) is 9.59 Å². The first-order chi connectivity index (χ1) is 16.6. The number of hydrogen-bond donors (Lipinski definition) is 2. The van der Waals surface area contributed by atoms with Gasteiger partial charge in [-0.15, -0.1) is 0 Å². The van der Waals surface area contributed by atoms with Crippen LogP contribution in [0.4, 0.5) is 14.9 Å². The molecule has 8 heteroatoms. The van der Waals surface area contributed by atoms with E-state index < -0.39 is 35.5 Å². The summed E-state index contributed by atoms with van der Waals surface area (Å²) in [5.74, 6) is -1.25. The van der Waals surface area contributed by atoms with Crippen molar-refractivity contribution in [1.82, 2.24) is 10.6 Å².